The maximum atomic E-state index is 12.9. The SMILES string of the molecule is CC[C@H](NC(=O)c1ccnn1C1CCCC1)c1nc(-c2ccnc(C)c2)no1. The van der Waals surface area contributed by atoms with Crippen LogP contribution in [0.5, 0.6) is 0 Å². The molecule has 146 valence electrons. The van der Waals surface area contributed by atoms with Gasteiger partial charge in [-0.05, 0) is 44.4 Å². The normalized spacial score (nSPS) is 15.6. The molecule has 0 spiro atoms. The molecular weight excluding hydrogens is 356 g/mol. The smallest absolute Gasteiger partial charge is 0.270 e. The van der Waals surface area contributed by atoms with Gasteiger partial charge in [-0.25, -0.2) is 0 Å². The van der Waals surface area contributed by atoms with Gasteiger partial charge < -0.3 is 9.84 Å². The molecule has 0 bridgehead atoms. The van der Waals surface area contributed by atoms with Crippen LogP contribution in [0.3, 0.4) is 0 Å². The predicted molar refractivity (Wildman–Crippen MR) is 102 cm³/mol. The fraction of sp³-hybridized carbons (Fsp3) is 0.450. The van der Waals surface area contributed by atoms with Crippen molar-refractivity contribution in [2.75, 3.05) is 0 Å². The number of nitrogens with one attached hydrogen (secondary N) is 1. The number of nitrogens with zero attached hydrogens (tertiary/aromatic N) is 5. The fourth-order valence-electron chi connectivity index (χ4n) is 3.68. The van der Waals surface area contributed by atoms with Gasteiger partial charge in [0.2, 0.25) is 11.7 Å². The molecular formula is C20H24N6O2. The van der Waals surface area contributed by atoms with Gasteiger partial charge in [-0.2, -0.15) is 10.1 Å². The van der Waals surface area contributed by atoms with Gasteiger partial charge in [0, 0.05) is 23.7 Å². The molecule has 1 saturated carbocycles. The van der Waals surface area contributed by atoms with Crippen molar-refractivity contribution in [1.29, 1.82) is 0 Å². The second kappa shape index (κ2) is 7.92. The topological polar surface area (TPSA) is 98.7 Å². The van der Waals surface area contributed by atoms with Crippen molar-refractivity contribution in [2.45, 2.75) is 58.0 Å². The van der Waals surface area contributed by atoms with Crippen LogP contribution in [0, 0.1) is 6.92 Å². The van der Waals surface area contributed by atoms with E-state index in [1.54, 1.807) is 18.5 Å². The Morgan fingerprint density at radius 3 is 2.89 bits per heavy atom. The lowest BCUT2D eigenvalue weighted by atomic mass is 10.2. The van der Waals surface area contributed by atoms with Crippen molar-refractivity contribution < 1.29 is 9.32 Å². The summed E-state index contributed by atoms with van der Waals surface area (Å²) in [6, 6.07) is 5.44. The molecule has 1 fully saturated rings. The quantitative estimate of drug-likeness (QED) is 0.701. The number of hydrogen-bond donors (Lipinski definition) is 1. The molecule has 8 nitrogen and oxygen atoms in total. The Kier molecular flexibility index (Phi) is 5.18. The molecule has 0 aliphatic heterocycles. The first-order chi connectivity index (χ1) is 13.7. The molecule has 3 aromatic heterocycles. The molecule has 0 aromatic carbocycles. The van der Waals surface area contributed by atoms with Crippen LogP contribution in [0.2, 0.25) is 0 Å². The van der Waals surface area contributed by atoms with E-state index in [2.05, 4.69) is 25.5 Å². The summed E-state index contributed by atoms with van der Waals surface area (Å²) in [5, 5.41) is 11.5. The monoisotopic (exact) mass is 380 g/mol. The van der Waals surface area contributed by atoms with Crippen molar-refractivity contribution >= 4 is 5.91 Å². The summed E-state index contributed by atoms with van der Waals surface area (Å²) in [5.41, 5.74) is 2.29. The lowest BCUT2D eigenvalue weighted by Gasteiger charge is -2.16. The zero-order chi connectivity index (χ0) is 19.5. The van der Waals surface area contributed by atoms with E-state index >= 15 is 0 Å². The van der Waals surface area contributed by atoms with Crippen molar-refractivity contribution in [1.82, 2.24) is 30.2 Å². The van der Waals surface area contributed by atoms with E-state index in [1.165, 1.54) is 12.8 Å². The number of aromatic nitrogens is 5. The van der Waals surface area contributed by atoms with E-state index < -0.39 is 0 Å². The van der Waals surface area contributed by atoms with E-state index in [0.717, 1.165) is 24.1 Å². The first kappa shape index (κ1) is 18.3. The maximum Gasteiger partial charge on any atom is 0.270 e. The number of amides is 1. The average molecular weight is 380 g/mol. The van der Waals surface area contributed by atoms with Gasteiger partial charge >= 0.3 is 0 Å². The average Bonchev–Trinajstić information content (AvgIpc) is 3.46. The molecule has 8 heteroatoms. The van der Waals surface area contributed by atoms with Crippen LogP contribution in [0.1, 0.15) is 73.2 Å². The van der Waals surface area contributed by atoms with E-state index in [4.69, 9.17) is 4.52 Å². The highest BCUT2D eigenvalue weighted by molar-refractivity contribution is 5.92. The second-order valence-corrected chi connectivity index (χ2v) is 7.18. The Morgan fingerprint density at radius 1 is 1.32 bits per heavy atom. The fourth-order valence-corrected chi connectivity index (χ4v) is 3.68. The summed E-state index contributed by atoms with van der Waals surface area (Å²) in [7, 11) is 0. The van der Waals surface area contributed by atoms with Gasteiger partial charge in [0.1, 0.15) is 11.7 Å². The van der Waals surface area contributed by atoms with Gasteiger partial charge in [-0.15, -0.1) is 0 Å². The van der Waals surface area contributed by atoms with Crippen molar-refractivity contribution in [3.63, 3.8) is 0 Å². The van der Waals surface area contributed by atoms with Gasteiger partial charge in [0.05, 0.1) is 6.04 Å². The highest BCUT2D eigenvalue weighted by Crippen LogP contribution is 2.30. The van der Waals surface area contributed by atoms with Crippen molar-refractivity contribution in [2.24, 2.45) is 0 Å². The maximum absolute atomic E-state index is 12.9. The standard InChI is InChI=1S/C20H24N6O2/c1-3-16(20-24-18(25-28-20)14-8-10-21-13(2)12-14)23-19(27)17-9-11-22-26(17)15-6-4-5-7-15/h8-12,15-16H,3-7H2,1-2H3,(H,23,27)/t16-/m0/s1. The summed E-state index contributed by atoms with van der Waals surface area (Å²) in [6.07, 6.45) is 8.54. The number of pyridine rings is 1. The third kappa shape index (κ3) is 3.67. The highest BCUT2D eigenvalue weighted by atomic mass is 16.5. The van der Waals surface area contributed by atoms with E-state index in [1.807, 2.05) is 30.7 Å². The molecule has 0 unspecified atom stereocenters. The van der Waals surface area contributed by atoms with Gasteiger partial charge in [0.25, 0.3) is 5.91 Å². The second-order valence-electron chi connectivity index (χ2n) is 7.18. The Morgan fingerprint density at radius 2 is 2.14 bits per heavy atom. The number of hydrogen-bond acceptors (Lipinski definition) is 6. The highest BCUT2D eigenvalue weighted by Gasteiger charge is 2.26. The number of carbonyl (C=O) groups is 1. The Labute approximate surface area is 163 Å². The van der Waals surface area contributed by atoms with Crippen LogP contribution in [-0.2, 0) is 0 Å². The molecule has 1 aliphatic rings. The molecule has 0 radical (unpaired) electrons. The zero-order valence-electron chi connectivity index (χ0n) is 16.1. The van der Waals surface area contributed by atoms with Crippen LogP contribution in [0.4, 0.5) is 0 Å². The number of carbonyl (C=O) groups excluding carboxylic acids is 1. The Balaban J connectivity index is 1.51. The Bertz CT molecular complexity index is 957. The summed E-state index contributed by atoms with van der Waals surface area (Å²) >= 11 is 0. The third-order valence-electron chi connectivity index (χ3n) is 5.18. The van der Waals surface area contributed by atoms with E-state index in [9.17, 15) is 4.79 Å². The lowest BCUT2D eigenvalue weighted by molar-refractivity contribution is 0.0913. The molecule has 1 aliphatic carbocycles. The van der Waals surface area contributed by atoms with E-state index in [0.29, 0.717) is 29.9 Å². The minimum atomic E-state index is -0.358. The van der Waals surface area contributed by atoms with Crippen molar-refractivity contribution in [3.8, 4) is 11.4 Å². The summed E-state index contributed by atoms with van der Waals surface area (Å²) in [5.74, 6) is 0.715. The molecule has 1 atom stereocenters. The van der Waals surface area contributed by atoms with Crippen LogP contribution in [0.15, 0.2) is 35.1 Å². The first-order valence-electron chi connectivity index (χ1n) is 9.76. The van der Waals surface area contributed by atoms with Gasteiger partial charge in [-0.1, -0.05) is 24.9 Å². The largest absolute Gasteiger partial charge is 0.339 e. The molecule has 28 heavy (non-hydrogen) atoms. The van der Waals surface area contributed by atoms with Crippen LogP contribution >= 0.6 is 0 Å². The van der Waals surface area contributed by atoms with Gasteiger partial charge in [0.15, 0.2) is 0 Å². The van der Waals surface area contributed by atoms with Crippen LogP contribution < -0.4 is 5.32 Å². The number of aryl methyl sites for hydroxylation is 1. The number of rotatable bonds is 6. The molecule has 3 aromatic rings. The lowest BCUT2D eigenvalue weighted by Crippen LogP contribution is -2.31. The third-order valence-corrected chi connectivity index (χ3v) is 5.18. The minimum Gasteiger partial charge on any atom is -0.339 e. The predicted octanol–water partition coefficient (Wildman–Crippen LogP) is 3.63. The summed E-state index contributed by atoms with van der Waals surface area (Å²) < 4.78 is 7.30. The van der Waals surface area contributed by atoms with Gasteiger partial charge in [-0.3, -0.25) is 14.5 Å². The molecule has 4 rings (SSSR count). The molecule has 3 heterocycles. The van der Waals surface area contributed by atoms with E-state index in [-0.39, 0.29) is 11.9 Å². The van der Waals surface area contributed by atoms with Crippen LogP contribution in [-0.4, -0.2) is 30.8 Å². The minimum absolute atomic E-state index is 0.171. The molecule has 1 amide bonds. The Hall–Kier alpha value is -3.03. The summed E-state index contributed by atoms with van der Waals surface area (Å²) in [4.78, 5) is 21.5. The van der Waals surface area contributed by atoms with Crippen LogP contribution in [0.25, 0.3) is 11.4 Å². The van der Waals surface area contributed by atoms with Crippen molar-refractivity contribution in [3.05, 3.63) is 47.9 Å². The zero-order valence-corrected chi connectivity index (χ0v) is 16.1. The molecule has 0 saturated heterocycles. The molecule has 1 N–H and O–H groups in total. The summed E-state index contributed by atoms with van der Waals surface area (Å²) in [6.45, 7) is 3.88. The first-order valence-corrected chi connectivity index (χ1v) is 9.76.